The molecule has 1 aromatic carbocycles. The van der Waals surface area contributed by atoms with Gasteiger partial charge in [-0.25, -0.2) is 0 Å². The van der Waals surface area contributed by atoms with Crippen molar-refractivity contribution in [3.8, 4) is 6.07 Å². The standard InChI is InChI=1S/C18H23NO/c1-16(2)9-5-10-18(16,20)17(13-19)11-8-14-6-3-4-7-15(14)12-17/h3-4,6-7,20H,5,8-12H2,1-2H3. The van der Waals surface area contributed by atoms with Crippen molar-refractivity contribution in [1.82, 2.24) is 0 Å². The van der Waals surface area contributed by atoms with Crippen LogP contribution in [0.1, 0.15) is 50.7 Å². The molecule has 2 heteroatoms. The van der Waals surface area contributed by atoms with Crippen molar-refractivity contribution >= 4 is 0 Å². The Morgan fingerprint density at radius 1 is 1.10 bits per heavy atom. The van der Waals surface area contributed by atoms with Crippen LogP contribution in [0.15, 0.2) is 24.3 Å². The lowest BCUT2D eigenvalue weighted by Gasteiger charge is -2.50. The predicted octanol–water partition coefficient (Wildman–Crippen LogP) is 3.63. The molecule has 0 amide bonds. The molecule has 2 unspecified atom stereocenters. The summed E-state index contributed by atoms with van der Waals surface area (Å²) in [5, 5.41) is 21.3. The molecule has 0 aromatic heterocycles. The predicted molar refractivity (Wildman–Crippen MR) is 79.1 cm³/mol. The smallest absolute Gasteiger partial charge is 0.0908 e. The van der Waals surface area contributed by atoms with Gasteiger partial charge >= 0.3 is 0 Å². The molecule has 2 nitrogen and oxygen atoms in total. The highest BCUT2D eigenvalue weighted by Crippen LogP contribution is 2.58. The molecule has 20 heavy (non-hydrogen) atoms. The van der Waals surface area contributed by atoms with Gasteiger partial charge in [0.05, 0.1) is 17.1 Å². The van der Waals surface area contributed by atoms with E-state index in [1.54, 1.807) is 0 Å². The van der Waals surface area contributed by atoms with E-state index in [4.69, 9.17) is 0 Å². The summed E-state index contributed by atoms with van der Waals surface area (Å²) >= 11 is 0. The van der Waals surface area contributed by atoms with Gasteiger partial charge in [0, 0.05) is 0 Å². The van der Waals surface area contributed by atoms with Crippen LogP contribution in [-0.2, 0) is 12.8 Å². The number of benzene rings is 1. The first kappa shape index (κ1) is 13.6. The second kappa shape index (κ2) is 4.33. The minimum atomic E-state index is -0.859. The molecule has 0 radical (unpaired) electrons. The fraction of sp³-hybridized carbons (Fsp3) is 0.611. The highest BCUT2D eigenvalue weighted by molar-refractivity contribution is 5.35. The Kier molecular flexibility index (Phi) is 2.95. The van der Waals surface area contributed by atoms with E-state index in [2.05, 4.69) is 38.1 Å². The van der Waals surface area contributed by atoms with E-state index in [0.29, 0.717) is 6.42 Å². The third-order valence-corrected chi connectivity index (χ3v) is 5.90. The van der Waals surface area contributed by atoms with Gasteiger partial charge in [0.15, 0.2) is 0 Å². The first-order chi connectivity index (χ1) is 9.44. The van der Waals surface area contributed by atoms with Crippen LogP contribution in [0.5, 0.6) is 0 Å². The second-order valence-corrected chi connectivity index (χ2v) is 7.24. The number of nitrogens with zero attached hydrogens (tertiary/aromatic N) is 1. The zero-order chi connectivity index (χ0) is 14.4. The number of hydrogen-bond donors (Lipinski definition) is 1. The molecular formula is C18H23NO. The molecular weight excluding hydrogens is 246 g/mol. The summed E-state index contributed by atoms with van der Waals surface area (Å²) in [5.74, 6) is 0. The van der Waals surface area contributed by atoms with Crippen molar-refractivity contribution in [2.45, 2.75) is 58.0 Å². The van der Waals surface area contributed by atoms with Gasteiger partial charge in [0.2, 0.25) is 0 Å². The quantitative estimate of drug-likeness (QED) is 0.846. The fourth-order valence-electron chi connectivity index (χ4n) is 4.49. The van der Waals surface area contributed by atoms with Gasteiger partial charge < -0.3 is 5.11 Å². The molecule has 0 spiro atoms. The van der Waals surface area contributed by atoms with E-state index in [0.717, 1.165) is 32.1 Å². The van der Waals surface area contributed by atoms with Crippen molar-refractivity contribution in [2.24, 2.45) is 10.8 Å². The molecule has 0 bridgehead atoms. The highest BCUT2D eigenvalue weighted by Gasteiger charge is 2.61. The van der Waals surface area contributed by atoms with Gasteiger partial charge in [-0.05, 0) is 55.1 Å². The zero-order valence-corrected chi connectivity index (χ0v) is 12.4. The van der Waals surface area contributed by atoms with Gasteiger partial charge in [0.1, 0.15) is 0 Å². The normalized spacial score (nSPS) is 35.3. The molecule has 3 rings (SSSR count). The second-order valence-electron chi connectivity index (χ2n) is 7.24. The third-order valence-electron chi connectivity index (χ3n) is 5.90. The lowest BCUT2D eigenvalue weighted by atomic mass is 9.56. The Morgan fingerprint density at radius 3 is 2.40 bits per heavy atom. The summed E-state index contributed by atoms with van der Waals surface area (Å²) in [5.41, 5.74) is 0.938. The van der Waals surface area contributed by atoms with Crippen LogP contribution >= 0.6 is 0 Å². The molecule has 0 saturated heterocycles. The van der Waals surface area contributed by atoms with Crippen molar-refractivity contribution < 1.29 is 5.11 Å². The Balaban J connectivity index is 2.05. The Hall–Kier alpha value is -1.33. The van der Waals surface area contributed by atoms with E-state index in [9.17, 15) is 10.4 Å². The lowest BCUT2D eigenvalue weighted by molar-refractivity contribution is -0.126. The minimum absolute atomic E-state index is 0.172. The summed E-state index contributed by atoms with van der Waals surface area (Å²) in [4.78, 5) is 0. The third kappa shape index (κ3) is 1.66. The van der Waals surface area contributed by atoms with Crippen LogP contribution < -0.4 is 0 Å². The average molecular weight is 269 g/mol. The van der Waals surface area contributed by atoms with Crippen LogP contribution in [0.25, 0.3) is 0 Å². The Labute approximate surface area is 121 Å². The molecule has 106 valence electrons. The van der Waals surface area contributed by atoms with E-state index >= 15 is 0 Å². The zero-order valence-electron chi connectivity index (χ0n) is 12.4. The number of aryl methyl sites for hydroxylation is 1. The molecule has 1 saturated carbocycles. The van der Waals surface area contributed by atoms with Gasteiger partial charge in [-0.2, -0.15) is 5.26 Å². The fourth-order valence-corrected chi connectivity index (χ4v) is 4.49. The molecule has 0 aliphatic heterocycles. The van der Waals surface area contributed by atoms with Gasteiger partial charge in [-0.1, -0.05) is 38.1 Å². The van der Waals surface area contributed by atoms with Gasteiger partial charge in [-0.15, -0.1) is 0 Å². The number of aliphatic hydroxyl groups is 1. The maximum atomic E-state index is 11.4. The van der Waals surface area contributed by atoms with Gasteiger partial charge in [-0.3, -0.25) is 0 Å². The topological polar surface area (TPSA) is 44.0 Å². The van der Waals surface area contributed by atoms with E-state index in [-0.39, 0.29) is 5.41 Å². The molecule has 2 aliphatic carbocycles. The molecule has 1 aromatic rings. The molecule has 1 fully saturated rings. The van der Waals surface area contributed by atoms with E-state index in [1.807, 2.05) is 6.07 Å². The largest absolute Gasteiger partial charge is 0.388 e. The van der Waals surface area contributed by atoms with Crippen LogP contribution in [0.2, 0.25) is 0 Å². The summed E-state index contributed by atoms with van der Waals surface area (Å²) in [6.45, 7) is 4.25. The monoisotopic (exact) mass is 269 g/mol. The molecule has 1 N–H and O–H groups in total. The lowest BCUT2D eigenvalue weighted by Crippen LogP contribution is -2.56. The van der Waals surface area contributed by atoms with Gasteiger partial charge in [0.25, 0.3) is 0 Å². The molecule has 0 heterocycles. The number of rotatable bonds is 1. The first-order valence-corrected chi connectivity index (χ1v) is 7.65. The number of hydrogen-bond acceptors (Lipinski definition) is 2. The summed E-state index contributed by atoms with van der Waals surface area (Å²) in [6, 6.07) is 10.9. The van der Waals surface area contributed by atoms with Crippen LogP contribution in [0.3, 0.4) is 0 Å². The summed E-state index contributed by atoms with van der Waals surface area (Å²) < 4.78 is 0. The first-order valence-electron chi connectivity index (χ1n) is 7.65. The minimum Gasteiger partial charge on any atom is -0.388 e. The maximum absolute atomic E-state index is 11.4. The Morgan fingerprint density at radius 2 is 1.80 bits per heavy atom. The van der Waals surface area contributed by atoms with E-state index < -0.39 is 11.0 Å². The maximum Gasteiger partial charge on any atom is 0.0908 e. The summed E-state index contributed by atoms with van der Waals surface area (Å²) in [7, 11) is 0. The van der Waals surface area contributed by atoms with Crippen molar-refractivity contribution in [3.05, 3.63) is 35.4 Å². The molecule has 2 aliphatic rings. The number of nitriles is 1. The molecule has 2 atom stereocenters. The van der Waals surface area contributed by atoms with Crippen molar-refractivity contribution in [1.29, 1.82) is 5.26 Å². The van der Waals surface area contributed by atoms with E-state index in [1.165, 1.54) is 11.1 Å². The Bertz CT molecular complexity index is 571. The van der Waals surface area contributed by atoms with Crippen LogP contribution in [-0.4, -0.2) is 10.7 Å². The van der Waals surface area contributed by atoms with Crippen molar-refractivity contribution in [2.75, 3.05) is 0 Å². The average Bonchev–Trinajstić information content (AvgIpc) is 2.73. The van der Waals surface area contributed by atoms with Crippen LogP contribution in [0, 0.1) is 22.2 Å². The summed E-state index contributed by atoms with van der Waals surface area (Å²) in [6.07, 6.45) is 5.17. The highest BCUT2D eigenvalue weighted by atomic mass is 16.3. The number of fused-ring (bicyclic) bond motifs is 1. The van der Waals surface area contributed by atoms with Crippen LogP contribution in [0.4, 0.5) is 0 Å². The van der Waals surface area contributed by atoms with Crippen molar-refractivity contribution in [3.63, 3.8) is 0 Å². The SMILES string of the molecule is CC1(C)CCCC1(O)C1(C#N)CCc2ccccc2C1.